The van der Waals surface area contributed by atoms with Crippen LogP contribution >= 0.6 is 11.3 Å². The Morgan fingerprint density at radius 1 is 1.09 bits per heavy atom. The number of piperidine rings is 1. The molecule has 1 atom stereocenters. The first-order chi connectivity index (χ1) is 15.7. The molecular weight excluding hydrogens is 467 g/mol. The second-order valence-electron chi connectivity index (χ2n) is 8.42. The van der Waals surface area contributed by atoms with E-state index in [0.717, 1.165) is 22.8 Å². The molecule has 0 aliphatic carbocycles. The first-order valence-electron chi connectivity index (χ1n) is 11.0. The third-order valence-corrected chi connectivity index (χ3v) is 8.94. The maximum absolute atomic E-state index is 13.2. The van der Waals surface area contributed by atoms with Crippen LogP contribution in [0.5, 0.6) is 0 Å². The van der Waals surface area contributed by atoms with Crippen molar-refractivity contribution in [1.29, 1.82) is 0 Å². The van der Waals surface area contributed by atoms with E-state index in [9.17, 15) is 22.4 Å². The highest BCUT2D eigenvalue weighted by atomic mass is 32.2. The fourth-order valence-electron chi connectivity index (χ4n) is 4.28. The molecule has 1 aromatic heterocycles. The average molecular weight is 495 g/mol. The number of hydrogen-bond acceptors (Lipinski definition) is 6. The molecule has 2 aliphatic rings. The summed E-state index contributed by atoms with van der Waals surface area (Å²) in [6, 6.07) is 4.74. The molecule has 11 heteroatoms. The molecule has 178 valence electrons. The van der Waals surface area contributed by atoms with E-state index in [2.05, 4.69) is 4.98 Å². The largest absolute Gasteiger partial charge is 0.339 e. The van der Waals surface area contributed by atoms with Gasteiger partial charge in [0.05, 0.1) is 17.2 Å². The van der Waals surface area contributed by atoms with Crippen LogP contribution in [0.2, 0.25) is 0 Å². The summed E-state index contributed by atoms with van der Waals surface area (Å²) >= 11 is 1.47. The average Bonchev–Trinajstić information content (AvgIpc) is 3.23. The Labute approximate surface area is 197 Å². The molecule has 2 saturated heterocycles. The van der Waals surface area contributed by atoms with Gasteiger partial charge < -0.3 is 9.80 Å². The van der Waals surface area contributed by atoms with Crippen molar-refractivity contribution in [2.45, 2.75) is 31.1 Å². The number of amides is 2. The van der Waals surface area contributed by atoms with E-state index >= 15 is 0 Å². The minimum Gasteiger partial charge on any atom is -0.339 e. The van der Waals surface area contributed by atoms with Crippen LogP contribution in [0.3, 0.4) is 0 Å². The highest BCUT2D eigenvalue weighted by Gasteiger charge is 2.36. The SMILES string of the molecule is Cc1csc(CC(=O)N2CCN(C(=O)C3CCCN(S(=O)(=O)c4ccc(F)cc4)C3)CC2)n1. The fraction of sp³-hybridized carbons (Fsp3) is 0.500. The number of aryl methyl sites for hydroxylation is 1. The normalized spacial score (nSPS) is 20.1. The van der Waals surface area contributed by atoms with Gasteiger partial charge in [-0.25, -0.2) is 17.8 Å². The topological polar surface area (TPSA) is 90.9 Å². The predicted octanol–water partition coefficient (Wildman–Crippen LogP) is 1.90. The highest BCUT2D eigenvalue weighted by Crippen LogP contribution is 2.25. The lowest BCUT2D eigenvalue weighted by Crippen LogP contribution is -2.54. The molecule has 2 amide bonds. The van der Waals surface area contributed by atoms with Gasteiger partial charge in [0.1, 0.15) is 10.8 Å². The first-order valence-corrected chi connectivity index (χ1v) is 13.3. The van der Waals surface area contributed by atoms with Gasteiger partial charge in [0.25, 0.3) is 0 Å². The van der Waals surface area contributed by atoms with Crippen LogP contribution < -0.4 is 0 Å². The molecule has 4 rings (SSSR count). The Hall–Kier alpha value is -2.37. The molecule has 3 heterocycles. The molecule has 1 aromatic carbocycles. The quantitative estimate of drug-likeness (QED) is 0.633. The van der Waals surface area contributed by atoms with E-state index in [1.165, 1.54) is 27.8 Å². The molecule has 0 spiro atoms. The Balaban J connectivity index is 1.33. The molecule has 0 radical (unpaired) electrons. The summed E-state index contributed by atoms with van der Waals surface area (Å²) in [5.41, 5.74) is 0.904. The second-order valence-corrected chi connectivity index (χ2v) is 11.3. The monoisotopic (exact) mass is 494 g/mol. The van der Waals surface area contributed by atoms with E-state index in [0.29, 0.717) is 45.6 Å². The number of nitrogens with zero attached hydrogens (tertiary/aromatic N) is 4. The molecule has 8 nitrogen and oxygen atoms in total. The van der Waals surface area contributed by atoms with Crippen LogP contribution in [0.1, 0.15) is 23.5 Å². The molecule has 2 aromatic rings. The van der Waals surface area contributed by atoms with E-state index in [4.69, 9.17) is 0 Å². The molecule has 2 fully saturated rings. The Kier molecular flexibility index (Phi) is 7.10. The van der Waals surface area contributed by atoms with E-state index in [1.807, 2.05) is 12.3 Å². The van der Waals surface area contributed by atoms with Crippen molar-refractivity contribution in [3.05, 3.63) is 46.2 Å². The van der Waals surface area contributed by atoms with Crippen molar-refractivity contribution in [3.8, 4) is 0 Å². The number of aromatic nitrogens is 1. The van der Waals surface area contributed by atoms with Gasteiger partial charge >= 0.3 is 0 Å². The smallest absolute Gasteiger partial charge is 0.243 e. The van der Waals surface area contributed by atoms with Crippen LogP contribution in [-0.4, -0.2) is 78.6 Å². The van der Waals surface area contributed by atoms with E-state index in [-0.39, 0.29) is 29.7 Å². The van der Waals surface area contributed by atoms with E-state index in [1.54, 1.807) is 9.80 Å². The minimum atomic E-state index is -3.79. The molecule has 0 saturated carbocycles. The summed E-state index contributed by atoms with van der Waals surface area (Å²) in [6.45, 7) is 4.12. The Morgan fingerprint density at radius 2 is 1.76 bits per heavy atom. The Morgan fingerprint density at radius 3 is 2.39 bits per heavy atom. The number of hydrogen-bond donors (Lipinski definition) is 0. The zero-order valence-electron chi connectivity index (χ0n) is 18.4. The molecule has 0 N–H and O–H groups in total. The van der Waals surface area contributed by atoms with Gasteiger partial charge in [-0.1, -0.05) is 0 Å². The number of rotatable bonds is 5. The Bertz CT molecular complexity index is 1110. The number of carbonyl (C=O) groups is 2. The molecule has 1 unspecified atom stereocenters. The number of sulfonamides is 1. The summed E-state index contributed by atoms with van der Waals surface area (Å²) in [4.78, 5) is 33.5. The lowest BCUT2D eigenvalue weighted by atomic mass is 9.97. The summed E-state index contributed by atoms with van der Waals surface area (Å²) in [5, 5.41) is 2.71. The molecule has 33 heavy (non-hydrogen) atoms. The minimum absolute atomic E-state index is 0.00526. The van der Waals surface area contributed by atoms with Gasteiger partial charge in [-0.3, -0.25) is 9.59 Å². The van der Waals surface area contributed by atoms with Crippen molar-refractivity contribution in [2.75, 3.05) is 39.3 Å². The maximum Gasteiger partial charge on any atom is 0.243 e. The highest BCUT2D eigenvalue weighted by molar-refractivity contribution is 7.89. The number of carbonyl (C=O) groups excluding carboxylic acids is 2. The second kappa shape index (κ2) is 9.86. The van der Waals surface area contributed by atoms with Crippen LogP contribution in [0.15, 0.2) is 34.5 Å². The summed E-state index contributed by atoms with van der Waals surface area (Å²) < 4.78 is 40.4. The molecule has 0 bridgehead atoms. The van der Waals surface area contributed by atoms with Crippen molar-refractivity contribution in [1.82, 2.24) is 19.1 Å². The zero-order valence-corrected chi connectivity index (χ0v) is 20.1. The number of halogens is 1. The molecule has 2 aliphatic heterocycles. The van der Waals surface area contributed by atoms with Gasteiger partial charge in [0, 0.05) is 50.3 Å². The number of piperazine rings is 1. The zero-order chi connectivity index (χ0) is 23.6. The van der Waals surface area contributed by atoms with Gasteiger partial charge in [0.2, 0.25) is 21.8 Å². The number of thiazole rings is 1. The predicted molar refractivity (Wildman–Crippen MR) is 122 cm³/mol. The summed E-state index contributed by atoms with van der Waals surface area (Å²) in [5.74, 6) is -0.989. The van der Waals surface area contributed by atoms with Crippen molar-refractivity contribution in [2.24, 2.45) is 5.92 Å². The summed E-state index contributed by atoms with van der Waals surface area (Å²) in [7, 11) is -3.79. The van der Waals surface area contributed by atoms with Crippen molar-refractivity contribution in [3.63, 3.8) is 0 Å². The third-order valence-electron chi connectivity index (χ3n) is 6.10. The molecular formula is C22H27FN4O4S2. The van der Waals surface area contributed by atoms with Gasteiger partial charge in [-0.05, 0) is 44.0 Å². The maximum atomic E-state index is 13.2. The summed E-state index contributed by atoms with van der Waals surface area (Å²) in [6.07, 6.45) is 1.48. The van der Waals surface area contributed by atoms with Crippen molar-refractivity contribution >= 4 is 33.2 Å². The van der Waals surface area contributed by atoms with Crippen molar-refractivity contribution < 1.29 is 22.4 Å². The first kappa shape index (κ1) is 23.8. The van der Waals surface area contributed by atoms with Gasteiger partial charge in [-0.15, -0.1) is 11.3 Å². The third kappa shape index (κ3) is 5.42. The number of benzene rings is 1. The fourth-order valence-corrected chi connectivity index (χ4v) is 6.56. The lowest BCUT2D eigenvalue weighted by Gasteiger charge is -2.38. The van der Waals surface area contributed by atoms with Crippen LogP contribution in [0.4, 0.5) is 4.39 Å². The van der Waals surface area contributed by atoms with E-state index < -0.39 is 21.8 Å². The van der Waals surface area contributed by atoms with Crippen LogP contribution in [0.25, 0.3) is 0 Å². The van der Waals surface area contributed by atoms with Gasteiger partial charge in [0.15, 0.2) is 0 Å². The lowest BCUT2D eigenvalue weighted by molar-refractivity contribution is -0.142. The standard InChI is InChI=1S/C22H27FN4O4S2/c1-16-15-32-20(24-16)13-21(28)25-9-11-26(12-10-25)22(29)17-3-2-8-27(14-17)33(30,31)19-6-4-18(23)5-7-19/h4-7,15,17H,2-3,8-14H2,1H3. The van der Waals surface area contributed by atoms with Crippen LogP contribution in [-0.2, 0) is 26.0 Å². The van der Waals surface area contributed by atoms with Gasteiger partial charge in [-0.2, -0.15) is 4.31 Å². The van der Waals surface area contributed by atoms with Crippen LogP contribution in [0, 0.1) is 18.7 Å².